The Hall–Kier alpha value is -2.62. The lowest BCUT2D eigenvalue weighted by molar-refractivity contribution is 0.463. The highest BCUT2D eigenvalue weighted by Gasteiger charge is 2.13. The highest BCUT2D eigenvalue weighted by molar-refractivity contribution is 5.86. The molecule has 0 aromatic heterocycles. The summed E-state index contributed by atoms with van der Waals surface area (Å²) in [5.74, 6) is 1.10. The molecule has 0 heterocycles. The Morgan fingerprint density at radius 1 is 0.697 bits per heavy atom. The molecule has 0 fully saturated rings. The average molecular weight is 451 g/mol. The van der Waals surface area contributed by atoms with Gasteiger partial charge in [-0.1, -0.05) is 66.5 Å². The normalized spacial score (nSPS) is 12.1. The van der Waals surface area contributed by atoms with E-state index >= 15 is 0 Å². The van der Waals surface area contributed by atoms with Crippen molar-refractivity contribution in [1.82, 2.24) is 0 Å². The quantitative estimate of drug-likeness (QED) is 0.328. The summed E-state index contributed by atoms with van der Waals surface area (Å²) in [4.78, 5) is 8.87. The van der Waals surface area contributed by atoms with Gasteiger partial charge in [0.2, 0.25) is 0 Å². The topological polar surface area (TPSA) is 65.2 Å². The van der Waals surface area contributed by atoms with Crippen molar-refractivity contribution in [3.05, 3.63) is 57.6 Å². The van der Waals surface area contributed by atoms with Gasteiger partial charge < -0.3 is 10.2 Å². The fourth-order valence-corrected chi connectivity index (χ4v) is 3.94. The molecule has 0 radical (unpaired) electrons. The van der Waals surface area contributed by atoms with Gasteiger partial charge in [0.1, 0.15) is 18.2 Å². The van der Waals surface area contributed by atoms with Crippen LogP contribution in [0.15, 0.2) is 34.3 Å². The minimum absolute atomic E-state index is 0.241. The molecule has 0 spiro atoms. The lowest BCUT2D eigenvalue weighted by Crippen LogP contribution is -1.98. The molecule has 2 aromatic rings. The minimum Gasteiger partial charge on any atom is -0.507 e. The van der Waals surface area contributed by atoms with Crippen LogP contribution in [0.25, 0.3) is 0 Å². The highest BCUT2D eigenvalue weighted by Crippen LogP contribution is 2.31. The number of aromatic hydroxyl groups is 2. The molecule has 2 rings (SSSR count). The molecule has 2 aromatic carbocycles. The van der Waals surface area contributed by atoms with Gasteiger partial charge in [-0.15, -0.1) is 0 Å². The van der Waals surface area contributed by atoms with E-state index in [4.69, 9.17) is 0 Å². The molecule has 0 bridgehead atoms. The number of phenols is 2. The first kappa shape index (κ1) is 26.6. The van der Waals surface area contributed by atoms with Crippen LogP contribution in [0.3, 0.4) is 0 Å². The van der Waals surface area contributed by atoms with Crippen LogP contribution in [0, 0.1) is 0 Å². The number of aliphatic imine (C=N–C) groups is 2. The third-order valence-electron chi connectivity index (χ3n) is 5.96. The Bertz CT molecular complexity index is 881. The van der Waals surface area contributed by atoms with Gasteiger partial charge in [0.05, 0.1) is 0 Å². The number of rotatable bonds is 12. The van der Waals surface area contributed by atoms with Crippen molar-refractivity contribution in [3.63, 3.8) is 0 Å². The number of phenolic OH excluding ortho intramolecular Hbond substituents is 2. The van der Waals surface area contributed by atoms with Crippen LogP contribution in [0.1, 0.15) is 112 Å². The van der Waals surface area contributed by atoms with Crippen molar-refractivity contribution in [2.75, 3.05) is 6.67 Å². The van der Waals surface area contributed by atoms with Crippen molar-refractivity contribution in [1.29, 1.82) is 0 Å². The van der Waals surface area contributed by atoms with E-state index in [-0.39, 0.29) is 18.5 Å². The van der Waals surface area contributed by atoms with Crippen LogP contribution in [-0.4, -0.2) is 29.3 Å². The molecule has 0 amide bonds. The molecule has 4 heteroatoms. The van der Waals surface area contributed by atoms with E-state index in [0.29, 0.717) is 11.5 Å². The number of aryl methyl sites for hydroxylation is 2. The van der Waals surface area contributed by atoms with Gasteiger partial charge >= 0.3 is 0 Å². The summed E-state index contributed by atoms with van der Waals surface area (Å²) in [6.45, 7) is 13.0. The molecule has 180 valence electrons. The van der Waals surface area contributed by atoms with Crippen LogP contribution in [0.2, 0.25) is 0 Å². The van der Waals surface area contributed by atoms with Gasteiger partial charge in [-0.05, 0) is 71.9 Å². The maximum atomic E-state index is 10.7. The maximum Gasteiger partial charge on any atom is 0.129 e. The second-order valence-corrected chi connectivity index (χ2v) is 9.53. The maximum absolute atomic E-state index is 10.7. The average Bonchev–Trinajstić information content (AvgIpc) is 2.78. The fraction of sp³-hybridized carbons (Fsp3) is 0.517. The zero-order valence-corrected chi connectivity index (χ0v) is 21.4. The standard InChI is InChI=1S/C29H42N2O2/c1-7-9-11-22-13-24(28(32)26(15-22)20(3)4)17-30-19-31-18-25-14-23(12-10-8-2)16-27(21(5)6)29(25)33/h13-18,20-21,32-33H,7-12,19H2,1-6H3. The molecule has 0 unspecified atom stereocenters. The van der Waals surface area contributed by atoms with Crippen molar-refractivity contribution < 1.29 is 10.2 Å². The molecule has 0 saturated heterocycles. The molecule has 4 nitrogen and oxygen atoms in total. The predicted molar refractivity (Wildman–Crippen MR) is 142 cm³/mol. The Morgan fingerprint density at radius 2 is 1.09 bits per heavy atom. The van der Waals surface area contributed by atoms with E-state index in [1.807, 2.05) is 12.1 Å². The van der Waals surface area contributed by atoms with Gasteiger partial charge in [-0.3, -0.25) is 9.98 Å². The summed E-state index contributed by atoms with van der Waals surface area (Å²) < 4.78 is 0. The van der Waals surface area contributed by atoms with Crippen LogP contribution in [0.5, 0.6) is 11.5 Å². The Labute approximate surface area is 200 Å². The van der Waals surface area contributed by atoms with Crippen LogP contribution < -0.4 is 0 Å². The predicted octanol–water partition coefficient (Wildman–Crippen LogP) is 7.53. The zero-order chi connectivity index (χ0) is 24.4. The first-order valence-corrected chi connectivity index (χ1v) is 12.5. The van der Waals surface area contributed by atoms with Crippen LogP contribution >= 0.6 is 0 Å². The molecule has 33 heavy (non-hydrogen) atoms. The second-order valence-electron chi connectivity index (χ2n) is 9.53. The first-order chi connectivity index (χ1) is 15.8. The summed E-state index contributed by atoms with van der Waals surface area (Å²) in [7, 11) is 0. The zero-order valence-electron chi connectivity index (χ0n) is 21.4. The lowest BCUT2D eigenvalue weighted by atomic mass is 9.94. The largest absolute Gasteiger partial charge is 0.507 e. The smallest absolute Gasteiger partial charge is 0.129 e. The van der Waals surface area contributed by atoms with E-state index < -0.39 is 0 Å². The fourth-order valence-electron chi connectivity index (χ4n) is 3.94. The van der Waals surface area contributed by atoms with Gasteiger partial charge in [-0.2, -0.15) is 0 Å². The van der Waals surface area contributed by atoms with E-state index in [9.17, 15) is 10.2 Å². The molecule has 0 aliphatic rings. The van der Waals surface area contributed by atoms with E-state index in [1.165, 1.54) is 11.1 Å². The van der Waals surface area contributed by atoms with Crippen LogP contribution in [0.4, 0.5) is 0 Å². The van der Waals surface area contributed by atoms with Crippen molar-refractivity contribution in [2.45, 2.75) is 91.9 Å². The SMILES string of the molecule is CCCCc1cc(C=NCN=Cc2cc(CCCC)cc(C(C)C)c2O)c(O)c(C(C)C)c1. The summed E-state index contributed by atoms with van der Waals surface area (Å²) in [5, 5.41) is 21.4. The third kappa shape index (κ3) is 7.73. The van der Waals surface area contributed by atoms with Gasteiger partial charge in [0.25, 0.3) is 0 Å². The Morgan fingerprint density at radius 3 is 1.42 bits per heavy atom. The summed E-state index contributed by atoms with van der Waals surface area (Å²) in [5.41, 5.74) is 5.88. The molecule has 0 aliphatic heterocycles. The number of nitrogens with zero attached hydrogens (tertiary/aromatic N) is 2. The lowest BCUT2D eigenvalue weighted by Gasteiger charge is -2.14. The molecule has 0 saturated carbocycles. The first-order valence-electron chi connectivity index (χ1n) is 12.5. The van der Waals surface area contributed by atoms with Gasteiger partial charge in [0.15, 0.2) is 0 Å². The summed E-state index contributed by atoms with van der Waals surface area (Å²) >= 11 is 0. The van der Waals surface area contributed by atoms with Crippen LogP contribution in [-0.2, 0) is 12.8 Å². The van der Waals surface area contributed by atoms with Crippen molar-refractivity contribution in [2.24, 2.45) is 9.98 Å². The summed E-state index contributed by atoms with van der Waals surface area (Å²) in [6.07, 6.45) is 9.96. The number of benzene rings is 2. The molecule has 0 atom stereocenters. The van der Waals surface area contributed by atoms with E-state index in [1.54, 1.807) is 12.4 Å². The molecule has 2 N–H and O–H groups in total. The van der Waals surface area contributed by atoms with E-state index in [2.05, 4.69) is 63.7 Å². The molecular weight excluding hydrogens is 408 g/mol. The van der Waals surface area contributed by atoms with Gasteiger partial charge in [0, 0.05) is 23.6 Å². The summed E-state index contributed by atoms with van der Waals surface area (Å²) in [6, 6.07) is 8.29. The Kier molecular flexibility index (Phi) is 10.6. The van der Waals surface area contributed by atoms with Gasteiger partial charge in [-0.25, -0.2) is 0 Å². The highest BCUT2D eigenvalue weighted by atomic mass is 16.3. The monoisotopic (exact) mass is 450 g/mol. The minimum atomic E-state index is 0.241. The Balaban J connectivity index is 2.21. The molecular formula is C29H42N2O2. The number of unbranched alkanes of at least 4 members (excludes halogenated alkanes) is 2. The second kappa shape index (κ2) is 13.2. The van der Waals surface area contributed by atoms with E-state index in [0.717, 1.165) is 60.8 Å². The van der Waals surface area contributed by atoms with Crippen molar-refractivity contribution >= 4 is 12.4 Å². The number of hydrogen-bond donors (Lipinski definition) is 2. The van der Waals surface area contributed by atoms with Crippen molar-refractivity contribution in [3.8, 4) is 11.5 Å². The third-order valence-corrected chi connectivity index (χ3v) is 5.96. The molecule has 0 aliphatic carbocycles. The number of hydrogen-bond acceptors (Lipinski definition) is 4.